The van der Waals surface area contributed by atoms with Gasteiger partial charge in [-0.2, -0.15) is 0 Å². The molecule has 1 saturated heterocycles. The van der Waals surface area contributed by atoms with E-state index >= 15 is 0 Å². The normalized spacial score (nSPS) is 28.0. The van der Waals surface area contributed by atoms with Gasteiger partial charge in [-0.3, -0.25) is 4.90 Å². The summed E-state index contributed by atoms with van der Waals surface area (Å²) in [6.45, 7) is 12.4. The van der Waals surface area contributed by atoms with Crippen molar-refractivity contribution in [2.75, 3.05) is 26.2 Å². The summed E-state index contributed by atoms with van der Waals surface area (Å²) in [5.74, 6) is 0.682. The predicted molar refractivity (Wildman–Crippen MR) is 64.0 cm³/mol. The van der Waals surface area contributed by atoms with Crippen molar-refractivity contribution < 1.29 is 5.11 Å². The number of aliphatic hydroxyl groups excluding tert-OH is 1. The summed E-state index contributed by atoms with van der Waals surface area (Å²) in [5.41, 5.74) is 0.251. The molecule has 1 aliphatic heterocycles. The van der Waals surface area contributed by atoms with Crippen LogP contribution in [0.1, 0.15) is 34.1 Å². The topological polar surface area (TPSA) is 35.5 Å². The monoisotopic (exact) mass is 214 g/mol. The first-order chi connectivity index (χ1) is 6.95. The van der Waals surface area contributed by atoms with E-state index in [1.807, 2.05) is 0 Å². The zero-order chi connectivity index (χ0) is 11.5. The fourth-order valence-corrected chi connectivity index (χ4v) is 2.20. The van der Waals surface area contributed by atoms with Crippen molar-refractivity contribution in [3.63, 3.8) is 0 Å². The van der Waals surface area contributed by atoms with Crippen LogP contribution in [0.3, 0.4) is 0 Å². The lowest BCUT2D eigenvalue weighted by Crippen LogP contribution is -2.48. The van der Waals surface area contributed by atoms with Crippen LogP contribution in [0, 0.1) is 5.92 Å². The fourth-order valence-electron chi connectivity index (χ4n) is 2.20. The molecule has 3 heteroatoms. The molecule has 1 rings (SSSR count). The van der Waals surface area contributed by atoms with Crippen molar-refractivity contribution in [2.24, 2.45) is 5.92 Å². The molecule has 0 radical (unpaired) electrons. The maximum Gasteiger partial charge on any atom is 0.0597 e. The van der Waals surface area contributed by atoms with Crippen molar-refractivity contribution in [3.05, 3.63) is 0 Å². The molecule has 0 spiro atoms. The fraction of sp³-hybridized carbons (Fsp3) is 1.00. The van der Waals surface area contributed by atoms with Crippen LogP contribution < -0.4 is 5.32 Å². The Labute approximate surface area is 93.9 Å². The first-order valence-corrected chi connectivity index (χ1v) is 6.05. The molecule has 2 N–H and O–H groups in total. The van der Waals surface area contributed by atoms with Gasteiger partial charge in [-0.05, 0) is 32.7 Å². The molecule has 0 aliphatic carbocycles. The number of aliphatic hydroxyl groups is 1. The second-order valence-electron chi connectivity index (χ2n) is 5.69. The molecule has 0 bridgehead atoms. The number of hydrogen-bond donors (Lipinski definition) is 2. The molecule has 0 aromatic heterocycles. The maximum absolute atomic E-state index is 9.25. The summed E-state index contributed by atoms with van der Waals surface area (Å²) in [6, 6.07) is 0.241. The minimum atomic E-state index is 0.241. The smallest absolute Gasteiger partial charge is 0.0597 e. The molecule has 3 nitrogen and oxygen atoms in total. The molecule has 1 heterocycles. The van der Waals surface area contributed by atoms with Crippen molar-refractivity contribution in [2.45, 2.75) is 45.7 Å². The van der Waals surface area contributed by atoms with E-state index < -0.39 is 0 Å². The third kappa shape index (κ3) is 3.74. The lowest BCUT2D eigenvalue weighted by molar-refractivity contribution is 0.0948. The zero-order valence-corrected chi connectivity index (χ0v) is 10.6. The Balaban J connectivity index is 2.66. The molecule has 1 unspecified atom stereocenters. The average molecular weight is 214 g/mol. The van der Waals surface area contributed by atoms with Gasteiger partial charge in [-0.25, -0.2) is 0 Å². The van der Waals surface area contributed by atoms with E-state index in [1.54, 1.807) is 0 Å². The lowest BCUT2D eigenvalue weighted by atomic mass is 9.97. The maximum atomic E-state index is 9.25. The summed E-state index contributed by atoms with van der Waals surface area (Å²) in [5, 5.41) is 12.6. The van der Waals surface area contributed by atoms with Gasteiger partial charge in [0.05, 0.1) is 6.61 Å². The van der Waals surface area contributed by atoms with E-state index in [1.165, 1.54) is 0 Å². The van der Waals surface area contributed by atoms with E-state index in [4.69, 9.17) is 0 Å². The SMILES string of the molecule is CC(C)CN1CC(CO)NCCC1(C)C. The van der Waals surface area contributed by atoms with E-state index in [9.17, 15) is 5.11 Å². The van der Waals surface area contributed by atoms with Crippen LogP contribution in [0.15, 0.2) is 0 Å². The van der Waals surface area contributed by atoms with Crippen molar-refractivity contribution in [1.82, 2.24) is 10.2 Å². The summed E-state index contributed by atoms with van der Waals surface area (Å²) in [4.78, 5) is 2.51. The molecule has 1 fully saturated rings. The molecule has 15 heavy (non-hydrogen) atoms. The molecule has 0 aromatic carbocycles. The van der Waals surface area contributed by atoms with Crippen molar-refractivity contribution in [1.29, 1.82) is 0 Å². The van der Waals surface area contributed by atoms with Crippen LogP contribution in [0.5, 0.6) is 0 Å². The van der Waals surface area contributed by atoms with Gasteiger partial charge in [0.1, 0.15) is 0 Å². The standard InChI is InChI=1S/C12H26N2O/c1-10(2)7-14-8-11(9-15)13-6-5-12(14,3)4/h10-11,13,15H,5-9H2,1-4H3. The molecule has 0 aromatic rings. The van der Waals surface area contributed by atoms with Gasteiger partial charge in [0, 0.05) is 24.7 Å². The van der Waals surface area contributed by atoms with Gasteiger partial charge >= 0.3 is 0 Å². The highest BCUT2D eigenvalue weighted by atomic mass is 16.3. The molecular formula is C12H26N2O. The van der Waals surface area contributed by atoms with E-state index in [0.717, 1.165) is 26.1 Å². The predicted octanol–water partition coefficient (Wildman–Crippen LogP) is 1.08. The first-order valence-electron chi connectivity index (χ1n) is 6.05. The third-order valence-corrected chi connectivity index (χ3v) is 3.27. The third-order valence-electron chi connectivity index (χ3n) is 3.27. The van der Waals surface area contributed by atoms with Gasteiger partial charge < -0.3 is 10.4 Å². The number of nitrogens with zero attached hydrogens (tertiary/aromatic N) is 1. The number of rotatable bonds is 3. The second-order valence-corrected chi connectivity index (χ2v) is 5.69. The van der Waals surface area contributed by atoms with E-state index in [2.05, 4.69) is 37.9 Å². The number of hydrogen-bond acceptors (Lipinski definition) is 3. The molecular weight excluding hydrogens is 188 g/mol. The highest BCUT2D eigenvalue weighted by Gasteiger charge is 2.31. The van der Waals surface area contributed by atoms with Gasteiger partial charge in [0.25, 0.3) is 0 Å². The van der Waals surface area contributed by atoms with Crippen molar-refractivity contribution >= 4 is 0 Å². The van der Waals surface area contributed by atoms with E-state index in [0.29, 0.717) is 5.92 Å². The van der Waals surface area contributed by atoms with Crippen LogP contribution in [-0.2, 0) is 0 Å². The molecule has 0 saturated carbocycles. The van der Waals surface area contributed by atoms with Gasteiger partial charge in [0.15, 0.2) is 0 Å². The number of nitrogens with one attached hydrogen (secondary N) is 1. The Morgan fingerprint density at radius 2 is 2.13 bits per heavy atom. The van der Waals surface area contributed by atoms with Gasteiger partial charge in [-0.15, -0.1) is 0 Å². The summed E-state index contributed by atoms with van der Waals surface area (Å²) < 4.78 is 0. The van der Waals surface area contributed by atoms with Crippen LogP contribution in [-0.4, -0.2) is 47.8 Å². The van der Waals surface area contributed by atoms with Crippen LogP contribution >= 0.6 is 0 Å². The van der Waals surface area contributed by atoms with Crippen LogP contribution in [0.25, 0.3) is 0 Å². The summed E-state index contributed by atoms with van der Waals surface area (Å²) >= 11 is 0. The van der Waals surface area contributed by atoms with E-state index in [-0.39, 0.29) is 18.2 Å². The molecule has 0 amide bonds. The Hall–Kier alpha value is -0.120. The first kappa shape index (κ1) is 12.9. The Morgan fingerprint density at radius 3 is 2.67 bits per heavy atom. The highest BCUT2D eigenvalue weighted by Crippen LogP contribution is 2.22. The minimum absolute atomic E-state index is 0.241. The Morgan fingerprint density at radius 1 is 1.47 bits per heavy atom. The summed E-state index contributed by atoms with van der Waals surface area (Å²) in [6.07, 6.45) is 1.15. The highest BCUT2D eigenvalue weighted by molar-refractivity contribution is 4.89. The van der Waals surface area contributed by atoms with Crippen LogP contribution in [0.2, 0.25) is 0 Å². The molecule has 90 valence electrons. The lowest BCUT2D eigenvalue weighted by Gasteiger charge is -2.38. The quantitative estimate of drug-likeness (QED) is 0.738. The van der Waals surface area contributed by atoms with Crippen LogP contribution in [0.4, 0.5) is 0 Å². The largest absolute Gasteiger partial charge is 0.395 e. The van der Waals surface area contributed by atoms with Crippen molar-refractivity contribution in [3.8, 4) is 0 Å². The van der Waals surface area contributed by atoms with Gasteiger partial charge in [-0.1, -0.05) is 13.8 Å². The van der Waals surface area contributed by atoms with Gasteiger partial charge in [0.2, 0.25) is 0 Å². The Kier molecular flexibility index (Phi) is 4.56. The molecule has 1 atom stereocenters. The molecule has 1 aliphatic rings. The zero-order valence-electron chi connectivity index (χ0n) is 10.6. The Bertz CT molecular complexity index is 192. The second kappa shape index (κ2) is 5.28. The average Bonchev–Trinajstić information content (AvgIpc) is 2.25. The summed E-state index contributed by atoms with van der Waals surface area (Å²) in [7, 11) is 0. The minimum Gasteiger partial charge on any atom is -0.395 e.